The van der Waals surface area contributed by atoms with Crippen molar-refractivity contribution in [3.63, 3.8) is 0 Å². The van der Waals surface area contributed by atoms with Gasteiger partial charge in [0, 0.05) is 30.8 Å². The third kappa shape index (κ3) is 3.26. The maximum atomic E-state index is 12.4. The third-order valence-electron chi connectivity index (χ3n) is 4.75. The van der Waals surface area contributed by atoms with Crippen LogP contribution in [0.5, 0.6) is 0 Å². The summed E-state index contributed by atoms with van der Waals surface area (Å²) in [4.78, 5) is 12.4. The standard InChI is InChI=1S/C19H20N2O.ClH/c22-19-10-15(7-6-14-4-2-1-3-5-14)9-18-17-8-16(11-20-12-17)13-21(18)19;/h1-7,9-10,16-17,20H,8,11-13H2;1H/b7-6+;/t16?,17-;/m0./s1. The van der Waals surface area contributed by atoms with Crippen LogP contribution in [0.15, 0.2) is 47.3 Å². The molecule has 2 bridgehead atoms. The second kappa shape index (κ2) is 6.73. The van der Waals surface area contributed by atoms with Crippen LogP contribution in [0.25, 0.3) is 12.2 Å². The highest BCUT2D eigenvalue weighted by atomic mass is 35.5. The Bertz CT molecular complexity index is 767. The van der Waals surface area contributed by atoms with Crippen molar-refractivity contribution in [2.75, 3.05) is 13.1 Å². The molecule has 120 valence electrons. The van der Waals surface area contributed by atoms with Crippen molar-refractivity contribution in [2.24, 2.45) is 5.92 Å². The number of hydrogen-bond donors (Lipinski definition) is 1. The first-order valence-corrected chi connectivity index (χ1v) is 7.98. The quantitative estimate of drug-likeness (QED) is 0.919. The van der Waals surface area contributed by atoms with Gasteiger partial charge < -0.3 is 9.88 Å². The van der Waals surface area contributed by atoms with Gasteiger partial charge in [-0.15, -0.1) is 12.4 Å². The van der Waals surface area contributed by atoms with Crippen LogP contribution in [0, 0.1) is 5.92 Å². The number of halogens is 1. The van der Waals surface area contributed by atoms with E-state index >= 15 is 0 Å². The molecule has 1 unspecified atom stereocenters. The van der Waals surface area contributed by atoms with Crippen LogP contribution >= 0.6 is 12.4 Å². The molecule has 0 amide bonds. The lowest BCUT2D eigenvalue weighted by molar-refractivity contribution is 0.257. The van der Waals surface area contributed by atoms with Gasteiger partial charge in [-0.1, -0.05) is 42.5 Å². The number of fused-ring (bicyclic) bond motifs is 4. The fourth-order valence-electron chi connectivity index (χ4n) is 3.68. The van der Waals surface area contributed by atoms with Crippen molar-refractivity contribution >= 4 is 24.6 Å². The monoisotopic (exact) mass is 328 g/mol. The molecule has 0 saturated carbocycles. The van der Waals surface area contributed by atoms with E-state index in [2.05, 4.69) is 29.6 Å². The van der Waals surface area contributed by atoms with E-state index in [0.29, 0.717) is 11.8 Å². The van der Waals surface area contributed by atoms with Crippen molar-refractivity contribution in [3.8, 4) is 0 Å². The molecule has 4 heteroatoms. The summed E-state index contributed by atoms with van der Waals surface area (Å²) in [6.07, 6.45) is 5.31. The van der Waals surface area contributed by atoms with E-state index in [9.17, 15) is 4.79 Å². The highest BCUT2D eigenvalue weighted by Gasteiger charge is 2.30. The fraction of sp³-hybridized carbons (Fsp3) is 0.316. The second-order valence-electron chi connectivity index (χ2n) is 6.36. The molecule has 0 radical (unpaired) electrons. The lowest BCUT2D eigenvalue weighted by Crippen LogP contribution is -2.44. The van der Waals surface area contributed by atoms with Gasteiger partial charge in [0.1, 0.15) is 0 Å². The Morgan fingerprint density at radius 3 is 2.65 bits per heavy atom. The average Bonchev–Trinajstić information content (AvgIpc) is 2.55. The van der Waals surface area contributed by atoms with Crippen LogP contribution < -0.4 is 10.9 Å². The Labute approximate surface area is 142 Å². The SMILES string of the molecule is Cl.O=c1cc(/C=C/c2ccccc2)cc2n1CC1CNC[C@@H]2C1. The number of piperidine rings is 1. The molecule has 23 heavy (non-hydrogen) atoms. The van der Waals surface area contributed by atoms with E-state index in [1.165, 1.54) is 12.1 Å². The van der Waals surface area contributed by atoms with Gasteiger partial charge in [-0.3, -0.25) is 4.79 Å². The van der Waals surface area contributed by atoms with Gasteiger partial charge in [-0.2, -0.15) is 0 Å². The minimum Gasteiger partial charge on any atom is -0.316 e. The fourth-order valence-corrected chi connectivity index (χ4v) is 3.68. The molecule has 4 rings (SSSR count). The first-order chi connectivity index (χ1) is 10.8. The Morgan fingerprint density at radius 2 is 1.83 bits per heavy atom. The summed E-state index contributed by atoms with van der Waals surface area (Å²) < 4.78 is 1.99. The highest BCUT2D eigenvalue weighted by molar-refractivity contribution is 5.85. The highest BCUT2D eigenvalue weighted by Crippen LogP contribution is 2.32. The zero-order chi connectivity index (χ0) is 14.9. The molecule has 2 atom stereocenters. The smallest absolute Gasteiger partial charge is 0.251 e. The predicted molar refractivity (Wildman–Crippen MR) is 97.0 cm³/mol. The molecule has 1 saturated heterocycles. The van der Waals surface area contributed by atoms with Crippen molar-refractivity contribution in [1.29, 1.82) is 0 Å². The molecule has 1 aromatic heterocycles. The first-order valence-electron chi connectivity index (χ1n) is 7.98. The molecule has 2 aliphatic heterocycles. The maximum Gasteiger partial charge on any atom is 0.251 e. The van der Waals surface area contributed by atoms with E-state index in [-0.39, 0.29) is 18.0 Å². The molecule has 1 aromatic carbocycles. The van der Waals surface area contributed by atoms with Crippen molar-refractivity contribution in [2.45, 2.75) is 18.9 Å². The molecular formula is C19H21ClN2O. The van der Waals surface area contributed by atoms with Gasteiger partial charge in [-0.05, 0) is 36.1 Å². The van der Waals surface area contributed by atoms with E-state index in [0.717, 1.165) is 30.8 Å². The van der Waals surface area contributed by atoms with Crippen LogP contribution in [-0.2, 0) is 6.54 Å². The summed E-state index contributed by atoms with van der Waals surface area (Å²) in [5, 5.41) is 3.49. The van der Waals surface area contributed by atoms with Gasteiger partial charge in [0.15, 0.2) is 0 Å². The number of aromatic nitrogens is 1. The minimum absolute atomic E-state index is 0. The van der Waals surface area contributed by atoms with Crippen LogP contribution in [0.4, 0.5) is 0 Å². The van der Waals surface area contributed by atoms with E-state index in [4.69, 9.17) is 0 Å². The summed E-state index contributed by atoms with van der Waals surface area (Å²) in [6, 6.07) is 14.1. The zero-order valence-electron chi connectivity index (χ0n) is 12.9. The van der Waals surface area contributed by atoms with E-state index < -0.39 is 0 Å². The number of pyridine rings is 1. The van der Waals surface area contributed by atoms with Crippen LogP contribution in [-0.4, -0.2) is 17.7 Å². The average molecular weight is 329 g/mol. The number of hydrogen-bond acceptors (Lipinski definition) is 2. The zero-order valence-corrected chi connectivity index (χ0v) is 13.8. The van der Waals surface area contributed by atoms with Crippen LogP contribution in [0.3, 0.4) is 0 Å². The van der Waals surface area contributed by atoms with Crippen LogP contribution in [0.1, 0.15) is 29.2 Å². The van der Waals surface area contributed by atoms with Crippen molar-refractivity contribution in [1.82, 2.24) is 9.88 Å². The number of nitrogens with one attached hydrogen (secondary N) is 1. The predicted octanol–water partition coefficient (Wildman–Crippen LogP) is 3.15. The molecule has 0 spiro atoms. The Morgan fingerprint density at radius 1 is 1.04 bits per heavy atom. The largest absolute Gasteiger partial charge is 0.316 e. The van der Waals surface area contributed by atoms with E-state index in [1.54, 1.807) is 6.07 Å². The molecular weight excluding hydrogens is 308 g/mol. The summed E-state index contributed by atoms with van der Waals surface area (Å²) in [5.41, 5.74) is 3.49. The topological polar surface area (TPSA) is 34.0 Å². The molecule has 1 N–H and O–H groups in total. The molecule has 2 aliphatic rings. The second-order valence-corrected chi connectivity index (χ2v) is 6.36. The minimum atomic E-state index is 0. The van der Waals surface area contributed by atoms with Gasteiger partial charge in [0.05, 0.1) is 0 Å². The number of benzene rings is 1. The molecule has 0 aliphatic carbocycles. The normalized spacial score (nSPS) is 22.4. The van der Waals surface area contributed by atoms with Crippen LogP contribution in [0.2, 0.25) is 0 Å². The van der Waals surface area contributed by atoms with Crippen molar-refractivity contribution in [3.05, 3.63) is 69.6 Å². The number of nitrogens with zero attached hydrogens (tertiary/aromatic N) is 1. The Hall–Kier alpha value is -1.84. The van der Waals surface area contributed by atoms with Crippen molar-refractivity contribution < 1.29 is 0 Å². The molecule has 3 nitrogen and oxygen atoms in total. The van der Waals surface area contributed by atoms with E-state index in [1.807, 2.05) is 28.8 Å². The molecule has 2 aromatic rings. The summed E-state index contributed by atoms with van der Waals surface area (Å²) in [5.74, 6) is 1.08. The molecule has 3 heterocycles. The lowest BCUT2D eigenvalue weighted by atomic mass is 9.84. The van der Waals surface area contributed by atoms with Gasteiger partial charge in [0.2, 0.25) is 0 Å². The molecule has 1 fully saturated rings. The summed E-state index contributed by atoms with van der Waals surface area (Å²) in [6.45, 7) is 2.89. The Kier molecular flexibility index (Phi) is 4.69. The maximum absolute atomic E-state index is 12.4. The third-order valence-corrected chi connectivity index (χ3v) is 4.75. The number of rotatable bonds is 2. The van der Waals surface area contributed by atoms with Gasteiger partial charge in [-0.25, -0.2) is 0 Å². The Balaban J connectivity index is 0.00000156. The van der Waals surface area contributed by atoms with Gasteiger partial charge >= 0.3 is 0 Å². The summed E-state index contributed by atoms with van der Waals surface area (Å²) >= 11 is 0. The first kappa shape index (κ1) is 16.0. The summed E-state index contributed by atoms with van der Waals surface area (Å²) in [7, 11) is 0. The van der Waals surface area contributed by atoms with Gasteiger partial charge in [0.25, 0.3) is 5.56 Å². The lowest BCUT2D eigenvalue weighted by Gasteiger charge is -2.37.